The lowest BCUT2D eigenvalue weighted by molar-refractivity contribution is -0.0203. The minimum atomic E-state index is -1.26. The van der Waals surface area contributed by atoms with Gasteiger partial charge >= 0.3 is 0 Å². The number of aryl methyl sites for hydroxylation is 4. The zero-order chi connectivity index (χ0) is 29.6. The van der Waals surface area contributed by atoms with Crippen LogP contribution in [0.5, 0.6) is 0 Å². The van der Waals surface area contributed by atoms with E-state index < -0.39 is 18.0 Å². The fraction of sp³-hybridized carbons (Fsp3) is 0.368. The van der Waals surface area contributed by atoms with Crippen LogP contribution in [-0.2, 0) is 31.4 Å². The zero-order valence-electron chi connectivity index (χ0n) is 25.1. The molecule has 5 N–H and O–H groups in total. The molecule has 0 aliphatic carbocycles. The Hall–Kier alpha value is -3.28. The van der Waals surface area contributed by atoms with Crippen LogP contribution in [0.1, 0.15) is 84.9 Å². The van der Waals surface area contributed by atoms with E-state index in [9.17, 15) is 10.2 Å². The molecule has 4 nitrogen and oxygen atoms in total. The molecule has 0 radical (unpaired) electrons. The Morgan fingerprint density at radius 3 is 1.67 bits per heavy atom. The SMILES string of the molecule is CC[C@](O)(NC(N)C[C@@H](O)c1cccc(CCCCc2ccccc2)c1)c1cccc(CCCCc2ccccc2)c1. The van der Waals surface area contributed by atoms with Gasteiger partial charge in [-0.1, -0.05) is 116 Å². The van der Waals surface area contributed by atoms with Crippen LogP contribution in [-0.4, -0.2) is 16.4 Å². The Balaban J connectivity index is 1.26. The van der Waals surface area contributed by atoms with Gasteiger partial charge in [0, 0.05) is 6.42 Å². The van der Waals surface area contributed by atoms with Gasteiger partial charge in [0.05, 0.1) is 12.3 Å². The van der Waals surface area contributed by atoms with E-state index in [1.54, 1.807) is 0 Å². The van der Waals surface area contributed by atoms with E-state index in [1.807, 2.05) is 31.2 Å². The van der Waals surface area contributed by atoms with E-state index in [2.05, 4.69) is 90.2 Å². The molecular formula is C38H48N2O2. The Bertz CT molecular complexity index is 1330. The molecule has 0 aliphatic rings. The lowest BCUT2D eigenvalue weighted by atomic mass is 9.94. The van der Waals surface area contributed by atoms with Crippen LogP contribution in [0.4, 0.5) is 0 Å². The second-order valence-electron chi connectivity index (χ2n) is 11.5. The quantitative estimate of drug-likeness (QED) is 0.0798. The first-order valence-electron chi connectivity index (χ1n) is 15.6. The topological polar surface area (TPSA) is 78.5 Å². The summed E-state index contributed by atoms with van der Waals surface area (Å²) in [5.74, 6) is 0. The average Bonchev–Trinajstić information content (AvgIpc) is 3.02. The van der Waals surface area contributed by atoms with Crippen molar-refractivity contribution >= 4 is 0 Å². The van der Waals surface area contributed by atoms with Crippen molar-refractivity contribution in [1.82, 2.24) is 5.32 Å². The van der Waals surface area contributed by atoms with Gasteiger partial charge in [-0.05, 0) is 91.2 Å². The number of nitrogens with two attached hydrogens (primary N) is 1. The first-order chi connectivity index (χ1) is 20.4. The summed E-state index contributed by atoms with van der Waals surface area (Å²) in [5.41, 5.74) is 12.1. The molecule has 4 rings (SSSR count). The Morgan fingerprint density at radius 2 is 1.12 bits per heavy atom. The third kappa shape index (κ3) is 9.92. The van der Waals surface area contributed by atoms with Crippen LogP contribution in [0.2, 0.25) is 0 Å². The first kappa shape index (κ1) is 31.7. The number of aliphatic hydroxyl groups excluding tert-OH is 1. The highest BCUT2D eigenvalue weighted by molar-refractivity contribution is 5.29. The van der Waals surface area contributed by atoms with Gasteiger partial charge in [-0.25, -0.2) is 0 Å². The first-order valence-corrected chi connectivity index (χ1v) is 15.6. The summed E-state index contributed by atoms with van der Waals surface area (Å²) in [5, 5.41) is 25.8. The predicted octanol–water partition coefficient (Wildman–Crippen LogP) is 7.37. The smallest absolute Gasteiger partial charge is 0.143 e. The van der Waals surface area contributed by atoms with Gasteiger partial charge in [0.25, 0.3) is 0 Å². The highest BCUT2D eigenvalue weighted by atomic mass is 16.3. The van der Waals surface area contributed by atoms with E-state index in [-0.39, 0.29) is 0 Å². The van der Waals surface area contributed by atoms with E-state index in [1.165, 1.54) is 22.3 Å². The number of hydrogen-bond acceptors (Lipinski definition) is 4. The molecule has 1 unspecified atom stereocenters. The largest absolute Gasteiger partial charge is 0.388 e. The van der Waals surface area contributed by atoms with Crippen molar-refractivity contribution in [3.05, 3.63) is 143 Å². The summed E-state index contributed by atoms with van der Waals surface area (Å²) in [7, 11) is 0. The van der Waals surface area contributed by atoms with Gasteiger partial charge in [-0.2, -0.15) is 0 Å². The number of aliphatic hydroxyl groups is 2. The number of rotatable bonds is 17. The second-order valence-corrected chi connectivity index (χ2v) is 11.5. The molecule has 222 valence electrons. The van der Waals surface area contributed by atoms with Crippen molar-refractivity contribution in [2.45, 2.75) is 89.1 Å². The van der Waals surface area contributed by atoms with Gasteiger partial charge < -0.3 is 15.9 Å². The van der Waals surface area contributed by atoms with Crippen molar-refractivity contribution in [1.29, 1.82) is 0 Å². The molecule has 0 aromatic heterocycles. The van der Waals surface area contributed by atoms with E-state index in [4.69, 9.17) is 5.73 Å². The summed E-state index contributed by atoms with van der Waals surface area (Å²) >= 11 is 0. The normalized spacial score (nSPS) is 14.3. The molecule has 0 saturated heterocycles. The van der Waals surface area contributed by atoms with E-state index in [0.717, 1.165) is 62.5 Å². The monoisotopic (exact) mass is 564 g/mol. The Morgan fingerprint density at radius 1 is 0.643 bits per heavy atom. The lowest BCUT2D eigenvalue weighted by Gasteiger charge is -2.33. The molecule has 0 fully saturated rings. The number of hydrogen-bond donors (Lipinski definition) is 4. The number of unbranched alkanes of at least 4 members (excludes halogenated alkanes) is 2. The molecule has 0 amide bonds. The Labute approximate surface area is 252 Å². The summed E-state index contributed by atoms with van der Waals surface area (Å²) in [6.45, 7) is 1.95. The maximum Gasteiger partial charge on any atom is 0.143 e. The van der Waals surface area contributed by atoms with Gasteiger partial charge in [0.2, 0.25) is 0 Å². The van der Waals surface area contributed by atoms with Gasteiger partial charge in [0.1, 0.15) is 5.72 Å². The number of benzene rings is 4. The molecule has 0 heterocycles. The van der Waals surface area contributed by atoms with Crippen molar-refractivity contribution in [3.8, 4) is 0 Å². The summed E-state index contributed by atoms with van der Waals surface area (Å²) in [6.07, 6.45) is 8.05. The molecule has 0 bridgehead atoms. The minimum Gasteiger partial charge on any atom is -0.388 e. The highest BCUT2D eigenvalue weighted by Crippen LogP contribution is 2.26. The van der Waals surface area contributed by atoms with Crippen molar-refractivity contribution in [2.75, 3.05) is 0 Å². The van der Waals surface area contributed by atoms with Crippen molar-refractivity contribution in [3.63, 3.8) is 0 Å². The standard InChI is InChI=1S/C38H48N2O2/c1-2-38(42,35-26-14-24-33(28-35)22-12-10-20-31-17-7-4-8-18-31)40-37(39)29-36(41)34-25-13-23-32(27-34)21-11-9-19-30-15-5-3-6-16-30/h3-8,13-18,23-28,36-37,40-42H,2,9-12,19-22,29,39H2,1H3/t36-,37?,38-/m1/s1. The van der Waals surface area contributed by atoms with Gasteiger partial charge in [-0.15, -0.1) is 0 Å². The van der Waals surface area contributed by atoms with Gasteiger partial charge in [0.15, 0.2) is 0 Å². The molecule has 0 saturated carbocycles. The van der Waals surface area contributed by atoms with Gasteiger partial charge in [-0.3, -0.25) is 5.32 Å². The molecular weight excluding hydrogens is 516 g/mol. The lowest BCUT2D eigenvalue weighted by Crippen LogP contribution is -2.52. The van der Waals surface area contributed by atoms with Crippen LogP contribution in [0, 0.1) is 0 Å². The molecule has 0 spiro atoms. The van der Waals surface area contributed by atoms with E-state index >= 15 is 0 Å². The second kappa shape index (κ2) is 16.4. The maximum atomic E-state index is 11.6. The Kier molecular flexibility index (Phi) is 12.3. The predicted molar refractivity (Wildman–Crippen MR) is 174 cm³/mol. The summed E-state index contributed by atoms with van der Waals surface area (Å²) < 4.78 is 0. The molecule has 3 atom stereocenters. The molecule has 4 heteroatoms. The van der Waals surface area contributed by atoms with Crippen molar-refractivity contribution in [2.24, 2.45) is 5.73 Å². The van der Waals surface area contributed by atoms with Crippen LogP contribution in [0.3, 0.4) is 0 Å². The fourth-order valence-electron chi connectivity index (χ4n) is 5.68. The third-order valence-electron chi connectivity index (χ3n) is 8.20. The van der Waals surface area contributed by atoms with E-state index in [0.29, 0.717) is 12.8 Å². The third-order valence-corrected chi connectivity index (χ3v) is 8.20. The average molecular weight is 565 g/mol. The maximum absolute atomic E-state index is 11.6. The van der Waals surface area contributed by atoms with Crippen LogP contribution in [0.15, 0.2) is 109 Å². The summed E-state index contributed by atoms with van der Waals surface area (Å²) in [6, 6.07) is 37.5. The molecule has 42 heavy (non-hydrogen) atoms. The highest BCUT2D eigenvalue weighted by Gasteiger charge is 2.30. The van der Waals surface area contributed by atoms with Crippen molar-refractivity contribution < 1.29 is 10.2 Å². The number of nitrogens with one attached hydrogen (secondary N) is 1. The van der Waals surface area contributed by atoms with Crippen LogP contribution >= 0.6 is 0 Å². The fourth-order valence-corrected chi connectivity index (χ4v) is 5.68. The molecule has 0 aliphatic heterocycles. The molecule has 4 aromatic carbocycles. The van der Waals surface area contributed by atoms with Crippen LogP contribution < -0.4 is 11.1 Å². The summed E-state index contributed by atoms with van der Waals surface area (Å²) in [4.78, 5) is 0. The minimum absolute atomic E-state index is 0.305. The van der Waals surface area contributed by atoms with Crippen LogP contribution in [0.25, 0.3) is 0 Å². The zero-order valence-corrected chi connectivity index (χ0v) is 25.1. The molecule has 4 aromatic rings.